The Kier molecular flexibility index (Phi) is 4.07. The zero-order valence-corrected chi connectivity index (χ0v) is 14.9. The highest BCUT2D eigenvalue weighted by Crippen LogP contribution is 2.40. The predicted molar refractivity (Wildman–Crippen MR) is 99.7 cm³/mol. The minimum Gasteiger partial charge on any atom is -0.354 e. The summed E-state index contributed by atoms with van der Waals surface area (Å²) in [6.07, 6.45) is -1.05. The lowest BCUT2D eigenvalue weighted by Crippen LogP contribution is -2.04. The second kappa shape index (κ2) is 6.29. The van der Waals surface area contributed by atoms with E-state index >= 15 is 0 Å². The highest BCUT2D eigenvalue weighted by molar-refractivity contribution is 9.10. The van der Waals surface area contributed by atoms with Crippen molar-refractivity contribution in [3.8, 4) is 22.4 Å². The number of fused-ring (bicyclic) bond motifs is 1. The fourth-order valence-electron chi connectivity index (χ4n) is 3.05. The summed E-state index contributed by atoms with van der Waals surface area (Å²) in [6.45, 7) is 0. The van der Waals surface area contributed by atoms with E-state index in [0.717, 1.165) is 32.6 Å². The Morgan fingerprint density at radius 1 is 0.885 bits per heavy atom. The van der Waals surface area contributed by atoms with Crippen molar-refractivity contribution < 1.29 is 13.2 Å². The summed E-state index contributed by atoms with van der Waals surface area (Å²) in [7, 11) is 0. The molecule has 6 heteroatoms. The Bertz CT molecular complexity index is 1090. The lowest BCUT2D eigenvalue weighted by atomic mass is 9.98. The van der Waals surface area contributed by atoms with Crippen molar-refractivity contribution in [1.29, 1.82) is 0 Å². The molecule has 26 heavy (non-hydrogen) atoms. The number of pyridine rings is 1. The number of H-pyrrole nitrogens is 1. The summed E-state index contributed by atoms with van der Waals surface area (Å²) < 4.78 is 40.3. The number of rotatable bonds is 2. The number of halogens is 4. The van der Waals surface area contributed by atoms with E-state index in [-0.39, 0.29) is 0 Å². The fraction of sp³-hybridized carbons (Fsp3) is 0.0500. The van der Waals surface area contributed by atoms with E-state index in [2.05, 4.69) is 25.9 Å². The van der Waals surface area contributed by atoms with Crippen LogP contribution in [-0.4, -0.2) is 9.97 Å². The Hall–Kier alpha value is -2.60. The standard InChI is InChI=1S/C20H12BrF3N2/c21-15-4-5-17-16(11-15)18(12-6-8-25-9-7-12)19(26-17)13-2-1-3-14(10-13)20(22,23)24/h1-11,26H. The van der Waals surface area contributed by atoms with Gasteiger partial charge in [0.15, 0.2) is 0 Å². The molecule has 130 valence electrons. The van der Waals surface area contributed by atoms with Crippen molar-refractivity contribution >= 4 is 26.8 Å². The first-order chi connectivity index (χ1) is 12.4. The van der Waals surface area contributed by atoms with Gasteiger partial charge in [0, 0.05) is 33.3 Å². The van der Waals surface area contributed by atoms with Crippen molar-refractivity contribution in [3.63, 3.8) is 0 Å². The molecule has 4 aromatic rings. The van der Waals surface area contributed by atoms with Gasteiger partial charge in [0.25, 0.3) is 0 Å². The monoisotopic (exact) mass is 416 g/mol. The van der Waals surface area contributed by atoms with Gasteiger partial charge in [-0.05, 0) is 53.6 Å². The lowest BCUT2D eigenvalue weighted by molar-refractivity contribution is -0.137. The van der Waals surface area contributed by atoms with Crippen LogP contribution in [0.15, 0.2) is 71.5 Å². The van der Waals surface area contributed by atoms with Crippen LogP contribution in [0.5, 0.6) is 0 Å². The van der Waals surface area contributed by atoms with Crippen LogP contribution in [0, 0.1) is 0 Å². The summed E-state index contributed by atoms with van der Waals surface area (Å²) in [5.74, 6) is 0. The van der Waals surface area contributed by atoms with E-state index in [1.54, 1.807) is 18.5 Å². The molecule has 0 saturated heterocycles. The molecule has 0 aliphatic carbocycles. The maximum Gasteiger partial charge on any atom is 0.416 e. The van der Waals surface area contributed by atoms with Gasteiger partial charge in [-0.15, -0.1) is 0 Å². The molecule has 2 heterocycles. The van der Waals surface area contributed by atoms with Crippen molar-refractivity contribution in [1.82, 2.24) is 9.97 Å². The summed E-state index contributed by atoms with van der Waals surface area (Å²) in [6, 6.07) is 14.8. The number of nitrogens with zero attached hydrogens (tertiary/aromatic N) is 1. The first-order valence-corrected chi connectivity index (χ1v) is 8.62. The molecule has 0 radical (unpaired) electrons. The average molecular weight is 417 g/mol. The van der Waals surface area contributed by atoms with Crippen LogP contribution < -0.4 is 0 Å². The smallest absolute Gasteiger partial charge is 0.354 e. The van der Waals surface area contributed by atoms with Gasteiger partial charge in [0.05, 0.1) is 11.3 Å². The predicted octanol–water partition coefficient (Wildman–Crippen LogP) is 6.68. The van der Waals surface area contributed by atoms with Crippen LogP contribution in [-0.2, 0) is 6.18 Å². The van der Waals surface area contributed by atoms with Crippen molar-refractivity contribution in [2.24, 2.45) is 0 Å². The highest BCUT2D eigenvalue weighted by atomic mass is 79.9. The van der Waals surface area contributed by atoms with Crippen LogP contribution in [0.3, 0.4) is 0 Å². The summed E-state index contributed by atoms with van der Waals surface area (Å²) in [5, 5.41) is 0.929. The molecule has 0 aliphatic heterocycles. The molecular formula is C20H12BrF3N2. The van der Waals surface area contributed by atoms with E-state index in [1.807, 2.05) is 30.3 Å². The number of alkyl halides is 3. The molecule has 0 spiro atoms. The van der Waals surface area contributed by atoms with Gasteiger partial charge in [-0.2, -0.15) is 13.2 Å². The SMILES string of the molecule is FC(F)(F)c1cccc(-c2[nH]c3ccc(Br)cc3c2-c2ccncc2)c1. The highest BCUT2D eigenvalue weighted by Gasteiger charge is 2.30. The van der Waals surface area contributed by atoms with Crippen molar-refractivity contribution in [3.05, 3.63) is 77.0 Å². The first kappa shape index (κ1) is 16.8. The van der Waals surface area contributed by atoms with Crippen LogP contribution >= 0.6 is 15.9 Å². The second-order valence-corrected chi connectivity index (χ2v) is 6.80. The molecule has 0 amide bonds. The zero-order chi connectivity index (χ0) is 18.3. The fourth-order valence-corrected chi connectivity index (χ4v) is 3.41. The Labute approximate surface area is 155 Å². The van der Waals surface area contributed by atoms with Gasteiger partial charge < -0.3 is 4.98 Å². The third-order valence-electron chi connectivity index (χ3n) is 4.21. The minimum atomic E-state index is -4.39. The number of aromatic amines is 1. The normalized spacial score (nSPS) is 11.8. The largest absolute Gasteiger partial charge is 0.416 e. The molecule has 0 aliphatic rings. The average Bonchev–Trinajstić information content (AvgIpc) is 3.00. The molecule has 0 bridgehead atoms. The molecule has 1 N–H and O–H groups in total. The van der Waals surface area contributed by atoms with Gasteiger partial charge in [0.1, 0.15) is 0 Å². The van der Waals surface area contributed by atoms with Gasteiger partial charge >= 0.3 is 6.18 Å². The zero-order valence-electron chi connectivity index (χ0n) is 13.3. The molecular weight excluding hydrogens is 405 g/mol. The van der Waals surface area contributed by atoms with E-state index in [9.17, 15) is 13.2 Å². The maximum atomic E-state index is 13.1. The van der Waals surface area contributed by atoms with E-state index in [0.29, 0.717) is 11.3 Å². The molecule has 0 atom stereocenters. The summed E-state index contributed by atoms with van der Waals surface area (Å²) in [5.41, 5.74) is 3.05. The third kappa shape index (κ3) is 3.01. The first-order valence-electron chi connectivity index (χ1n) is 7.83. The van der Waals surface area contributed by atoms with E-state index in [4.69, 9.17) is 0 Å². The summed E-state index contributed by atoms with van der Waals surface area (Å²) in [4.78, 5) is 7.31. The van der Waals surface area contributed by atoms with Crippen LogP contribution in [0.1, 0.15) is 5.56 Å². The third-order valence-corrected chi connectivity index (χ3v) is 4.70. The number of hydrogen-bond donors (Lipinski definition) is 1. The topological polar surface area (TPSA) is 28.7 Å². The van der Waals surface area contributed by atoms with Gasteiger partial charge in [-0.3, -0.25) is 4.98 Å². The lowest BCUT2D eigenvalue weighted by Gasteiger charge is -2.10. The van der Waals surface area contributed by atoms with Crippen LogP contribution in [0.4, 0.5) is 13.2 Å². The Morgan fingerprint density at radius 2 is 1.65 bits per heavy atom. The van der Waals surface area contributed by atoms with Gasteiger partial charge in [0.2, 0.25) is 0 Å². The van der Waals surface area contributed by atoms with Crippen molar-refractivity contribution in [2.75, 3.05) is 0 Å². The number of benzene rings is 2. The minimum absolute atomic E-state index is 0.485. The number of nitrogens with one attached hydrogen (secondary N) is 1. The van der Waals surface area contributed by atoms with Crippen molar-refractivity contribution in [2.45, 2.75) is 6.18 Å². The van der Waals surface area contributed by atoms with Gasteiger partial charge in [-0.25, -0.2) is 0 Å². The summed E-state index contributed by atoms with van der Waals surface area (Å²) >= 11 is 3.47. The molecule has 4 rings (SSSR count). The van der Waals surface area contributed by atoms with Gasteiger partial charge in [-0.1, -0.05) is 28.1 Å². The van der Waals surface area contributed by atoms with Crippen LogP contribution in [0.2, 0.25) is 0 Å². The number of aromatic nitrogens is 2. The second-order valence-electron chi connectivity index (χ2n) is 5.88. The Balaban J connectivity index is 2.02. The van der Waals surface area contributed by atoms with Crippen LogP contribution in [0.25, 0.3) is 33.3 Å². The molecule has 2 aromatic carbocycles. The molecule has 0 fully saturated rings. The Morgan fingerprint density at radius 3 is 2.38 bits per heavy atom. The number of hydrogen-bond acceptors (Lipinski definition) is 1. The van der Waals surface area contributed by atoms with E-state index < -0.39 is 11.7 Å². The molecule has 0 unspecified atom stereocenters. The van der Waals surface area contributed by atoms with E-state index in [1.165, 1.54) is 12.1 Å². The quantitative estimate of drug-likeness (QED) is 0.387. The molecule has 2 nitrogen and oxygen atoms in total. The molecule has 2 aromatic heterocycles. The maximum absolute atomic E-state index is 13.1. The molecule has 0 saturated carbocycles.